The van der Waals surface area contributed by atoms with Gasteiger partial charge in [0.05, 0.1) is 13.0 Å². The largest absolute Gasteiger partial charge is 0.467 e. The fourth-order valence-corrected chi connectivity index (χ4v) is 4.28. The van der Waals surface area contributed by atoms with Crippen molar-refractivity contribution < 1.29 is 23.0 Å². The maximum atomic E-state index is 14.1. The lowest BCUT2D eigenvalue weighted by Crippen LogP contribution is -2.22. The quantitative estimate of drug-likeness (QED) is 0.637. The molecular formula is C25H22F2N2O3. The summed E-state index contributed by atoms with van der Waals surface area (Å²) in [5.74, 6) is -0.0737. The molecule has 32 heavy (non-hydrogen) atoms. The second kappa shape index (κ2) is 8.59. The summed E-state index contributed by atoms with van der Waals surface area (Å²) in [4.78, 5) is 14.6. The number of nitrogens with zero attached hydrogens (tertiary/aromatic N) is 1. The van der Waals surface area contributed by atoms with Crippen LogP contribution in [0.4, 0.5) is 20.2 Å². The topological polar surface area (TPSA) is 50.8 Å². The summed E-state index contributed by atoms with van der Waals surface area (Å²) in [7, 11) is 0. The Morgan fingerprint density at radius 1 is 1.00 bits per heavy atom. The standard InChI is InChI=1S/C25H22F2N2O3/c26-20-3-1-16(2-4-20)9-24(30)28-22-5-6-23-17(12-22)7-8-29(23)13-18-10-21(27)11-19-14-31-15-32-25(18)19/h1-6,10-12H,7-9,13-15H2,(H,28,30). The van der Waals surface area contributed by atoms with Crippen LogP contribution in [0.5, 0.6) is 5.75 Å². The highest BCUT2D eigenvalue weighted by atomic mass is 19.1. The number of carbonyl (C=O) groups excluding carboxylic acids is 1. The molecule has 1 N–H and O–H groups in total. The maximum absolute atomic E-state index is 14.1. The van der Waals surface area contributed by atoms with Gasteiger partial charge in [-0.15, -0.1) is 0 Å². The molecule has 0 bridgehead atoms. The van der Waals surface area contributed by atoms with Gasteiger partial charge in [-0.1, -0.05) is 12.1 Å². The number of hydrogen-bond donors (Lipinski definition) is 1. The van der Waals surface area contributed by atoms with Gasteiger partial charge in [0, 0.05) is 35.6 Å². The number of hydrogen-bond acceptors (Lipinski definition) is 4. The zero-order valence-electron chi connectivity index (χ0n) is 17.4. The van der Waals surface area contributed by atoms with Gasteiger partial charge < -0.3 is 19.7 Å². The number of anilines is 2. The molecule has 1 amide bonds. The van der Waals surface area contributed by atoms with Crippen LogP contribution in [0.15, 0.2) is 54.6 Å². The van der Waals surface area contributed by atoms with Gasteiger partial charge in [-0.3, -0.25) is 4.79 Å². The Kier molecular flexibility index (Phi) is 5.49. The van der Waals surface area contributed by atoms with Gasteiger partial charge in [-0.2, -0.15) is 0 Å². The number of fused-ring (bicyclic) bond motifs is 2. The van der Waals surface area contributed by atoms with E-state index in [0.717, 1.165) is 46.6 Å². The molecule has 3 aromatic rings. The van der Waals surface area contributed by atoms with Gasteiger partial charge in [0.1, 0.15) is 17.4 Å². The summed E-state index contributed by atoms with van der Waals surface area (Å²) in [6, 6.07) is 14.7. The van der Waals surface area contributed by atoms with E-state index in [0.29, 0.717) is 18.9 Å². The number of nitrogens with one attached hydrogen (secondary N) is 1. The predicted octanol–water partition coefficient (Wildman–Crippen LogP) is 4.58. The van der Waals surface area contributed by atoms with E-state index in [1.54, 1.807) is 12.1 Å². The molecule has 2 aliphatic heterocycles. The van der Waals surface area contributed by atoms with Crippen LogP contribution in [0.3, 0.4) is 0 Å². The number of carbonyl (C=O) groups is 1. The first-order chi connectivity index (χ1) is 15.5. The Hall–Kier alpha value is -3.45. The van der Waals surface area contributed by atoms with Gasteiger partial charge >= 0.3 is 0 Å². The molecule has 0 aromatic heterocycles. The number of rotatable bonds is 5. The molecule has 0 fully saturated rings. The molecule has 164 valence electrons. The minimum atomic E-state index is -0.323. The smallest absolute Gasteiger partial charge is 0.228 e. The summed E-state index contributed by atoms with van der Waals surface area (Å²) in [6.45, 7) is 1.84. The summed E-state index contributed by atoms with van der Waals surface area (Å²) >= 11 is 0. The maximum Gasteiger partial charge on any atom is 0.228 e. The van der Waals surface area contributed by atoms with Gasteiger partial charge in [-0.05, 0) is 60.0 Å². The summed E-state index contributed by atoms with van der Waals surface area (Å²) in [6.07, 6.45) is 1.01. The molecule has 0 saturated carbocycles. The lowest BCUT2D eigenvalue weighted by Gasteiger charge is -2.25. The molecule has 2 heterocycles. The summed E-state index contributed by atoms with van der Waals surface area (Å²) in [5.41, 5.74) is 5.19. The zero-order chi connectivity index (χ0) is 22.1. The molecule has 0 spiro atoms. The highest BCUT2D eigenvalue weighted by Crippen LogP contribution is 2.35. The first-order valence-electron chi connectivity index (χ1n) is 10.5. The molecule has 3 aromatic carbocycles. The minimum Gasteiger partial charge on any atom is -0.467 e. The van der Waals surface area contributed by atoms with Crippen molar-refractivity contribution in [3.8, 4) is 5.75 Å². The molecule has 0 unspecified atom stereocenters. The van der Waals surface area contributed by atoms with Crippen LogP contribution in [0.2, 0.25) is 0 Å². The van der Waals surface area contributed by atoms with Crippen molar-refractivity contribution in [1.82, 2.24) is 0 Å². The fourth-order valence-electron chi connectivity index (χ4n) is 4.28. The van der Waals surface area contributed by atoms with Crippen LogP contribution in [0, 0.1) is 11.6 Å². The average Bonchev–Trinajstić information content (AvgIpc) is 3.17. The van der Waals surface area contributed by atoms with Crippen molar-refractivity contribution in [2.24, 2.45) is 0 Å². The molecule has 0 aliphatic carbocycles. The zero-order valence-corrected chi connectivity index (χ0v) is 17.4. The number of benzene rings is 3. The van der Waals surface area contributed by atoms with Crippen LogP contribution in [0.1, 0.15) is 22.3 Å². The van der Waals surface area contributed by atoms with Crippen LogP contribution in [-0.2, 0) is 35.5 Å². The Labute approximate surface area is 184 Å². The van der Waals surface area contributed by atoms with E-state index < -0.39 is 0 Å². The van der Waals surface area contributed by atoms with E-state index in [1.807, 2.05) is 18.2 Å². The highest BCUT2D eigenvalue weighted by Gasteiger charge is 2.23. The molecule has 5 nitrogen and oxygen atoms in total. The van der Waals surface area contributed by atoms with E-state index in [9.17, 15) is 13.6 Å². The van der Waals surface area contributed by atoms with Gasteiger partial charge in [-0.25, -0.2) is 8.78 Å². The molecular weight excluding hydrogens is 414 g/mol. The Balaban J connectivity index is 1.28. The highest BCUT2D eigenvalue weighted by molar-refractivity contribution is 5.92. The second-order valence-corrected chi connectivity index (χ2v) is 8.03. The molecule has 0 atom stereocenters. The SMILES string of the molecule is O=C(Cc1ccc(F)cc1)Nc1ccc2c(c1)CCN2Cc1cc(F)cc2c1OCOC2. The van der Waals surface area contributed by atoms with E-state index in [2.05, 4.69) is 10.2 Å². The third-order valence-corrected chi connectivity index (χ3v) is 5.75. The van der Waals surface area contributed by atoms with Crippen molar-refractivity contribution in [3.05, 3.63) is 88.5 Å². The normalized spacial score (nSPS) is 14.5. The van der Waals surface area contributed by atoms with E-state index in [1.165, 1.54) is 24.3 Å². The molecule has 5 rings (SSSR count). The van der Waals surface area contributed by atoms with Gasteiger partial charge in [0.2, 0.25) is 5.91 Å². The Bertz CT molecular complexity index is 1160. The van der Waals surface area contributed by atoms with Crippen LogP contribution in [0.25, 0.3) is 0 Å². The van der Waals surface area contributed by atoms with Crippen molar-refractivity contribution in [3.63, 3.8) is 0 Å². The predicted molar refractivity (Wildman–Crippen MR) is 117 cm³/mol. The third kappa shape index (κ3) is 4.29. The Morgan fingerprint density at radius 3 is 2.69 bits per heavy atom. The summed E-state index contributed by atoms with van der Waals surface area (Å²) < 4.78 is 38.0. The van der Waals surface area contributed by atoms with Crippen molar-refractivity contribution in [1.29, 1.82) is 0 Å². The number of halogens is 2. The lowest BCUT2D eigenvalue weighted by atomic mass is 10.1. The summed E-state index contributed by atoms with van der Waals surface area (Å²) in [5, 5.41) is 2.91. The van der Waals surface area contributed by atoms with Gasteiger partial charge in [0.15, 0.2) is 6.79 Å². The number of ether oxygens (including phenoxy) is 2. The number of amides is 1. The van der Waals surface area contributed by atoms with E-state index in [4.69, 9.17) is 9.47 Å². The molecule has 2 aliphatic rings. The Morgan fingerprint density at radius 2 is 1.84 bits per heavy atom. The minimum absolute atomic E-state index is 0.155. The van der Waals surface area contributed by atoms with Crippen LogP contribution < -0.4 is 15.0 Å². The molecule has 0 radical (unpaired) electrons. The molecule has 0 saturated heterocycles. The first kappa shape index (κ1) is 20.5. The third-order valence-electron chi connectivity index (χ3n) is 5.75. The van der Waals surface area contributed by atoms with Crippen LogP contribution in [-0.4, -0.2) is 19.2 Å². The fraction of sp³-hybridized carbons (Fsp3) is 0.240. The average molecular weight is 436 g/mol. The second-order valence-electron chi connectivity index (χ2n) is 8.03. The van der Waals surface area contributed by atoms with Gasteiger partial charge in [0.25, 0.3) is 0 Å². The monoisotopic (exact) mass is 436 g/mol. The van der Waals surface area contributed by atoms with Crippen molar-refractivity contribution in [2.45, 2.75) is 26.0 Å². The van der Waals surface area contributed by atoms with Crippen molar-refractivity contribution in [2.75, 3.05) is 23.6 Å². The van der Waals surface area contributed by atoms with E-state index in [-0.39, 0.29) is 30.8 Å². The first-order valence-corrected chi connectivity index (χ1v) is 10.5. The lowest BCUT2D eigenvalue weighted by molar-refractivity contribution is -0.115. The van der Waals surface area contributed by atoms with E-state index >= 15 is 0 Å². The van der Waals surface area contributed by atoms with Crippen molar-refractivity contribution >= 4 is 17.3 Å². The van der Waals surface area contributed by atoms with Crippen LogP contribution >= 0.6 is 0 Å². The molecule has 7 heteroatoms.